The fourth-order valence-electron chi connectivity index (χ4n) is 9.85. The van der Waals surface area contributed by atoms with E-state index in [1.807, 2.05) is 0 Å². The van der Waals surface area contributed by atoms with Gasteiger partial charge >= 0.3 is 0 Å². The highest BCUT2D eigenvalue weighted by molar-refractivity contribution is 6.29. The lowest BCUT2D eigenvalue weighted by molar-refractivity contribution is 0.674. The molecular weight excluding hydrogens is 665 g/mol. The number of rotatable bonds is 3. The first-order chi connectivity index (χ1) is 27.3. The Morgan fingerprint density at radius 2 is 0.727 bits per heavy atom. The van der Waals surface area contributed by atoms with E-state index in [0.29, 0.717) is 0 Å². The summed E-state index contributed by atoms with van der Waals surface area (Å²) in [6, 6.07) is 67.4. The second kappa shape index (κ2) is 10.7. The first kappa shape index (κ1) is 29.3. The largest absolute Gasteiger partial charge is 0.455 e. The zero-order valence-electron chi connectivity index (χ0n) is 29.7. The van der Waals surface area contributed by atoms with Crippen LogP contribution in [0.5, 0.6) is 0 Å². The molecule has 0 aliphatic carbocycles. The van der Waals surface area contributed by atoms with Gasteiger partial charge in [0.2, 0.25) is 0 Å². The van der Waals surface area contributed by atoms with E-state index in [1.54, 1.807) is 0 Å². The van der Waals surface area contributed by atoms with Crippen LogP contribution in [0.15, 0.2) is 186 Å². The quantitative estimate of drug-likeness (QED) is 0.168. The molecule has 0 saturated carbocycles. The molecule has 0 spiro atoms. The number of furan rings is 1. The smallest absolute Gasteiger partial charge is 0.143 e. The van der Waals surface area contributed by atoms with E-state index in [0.717, 1.165) is 32.9 Å². The van der Waals surface area contributed by atoms with Crippen LogP contribution in [0.4, 0.5) is 0 Å². The molecule has 0 aliphatic heterocycles. The highest BCUT2D eigenvalue weighted by atomic mass is 16.3. The second-order valence-electron chi connectivity index (χ2n) is 15.1. The molecule has 0 bridgehead atoms. The van der Waals surface area contributed by atoms with E-state index in [1.165, 1.54) is 97.8 Å². The minimum Gasteiger partial charge on any atom is -0.455 e. The third kappa shape index (κ3) is 3.97. The second-order valence-corrected chi connectivity index (χ2v) is 15.1. The highest BCUT2D eigenvalue weighted by Crippen LogP contribution is 2.48. The van der Waals surface area contributed by atoms with Gasteiger partial charge in [-0.3, -0.25) is 0 Å². The predicted octanol–water partition coefficient (Wildman–Crippen LogP) is 15.5. The van der Waals surface area contributed by atoms with Gasteiger partial charge in [-0.05, 0) is 116 Å². The van der Waals surface area contributed by atoms with Crippen molar-refractivity contribution in [2.45, 2.75) is 0 Å². The molecule has 0 unspecified atom stereocenters. The maximum Gasteiger partial charge on any atom is 0.143 e. The van der Waals surface area contributed by atoms with Gasteiger partial charge in [0, 0.05) is 21.7 Å². The van der Waals surface area contributed by atoms with E-state index in [9.17, 15) is 0 Å². The molecular formula is C54H30O. The van der Waals surface area contributed by atoms with Gasteiger partial charge in [-0.2, -0.15) is 0 Å². The first-order valence-electron chi connectivity index (χ1n) is 19.1. The van der Waals surface area contributed by atoms with Gasteiger partial charge in [0.05, 0.1) is 0 Å². The van der Waals surface area contributed by atoms with Gasteiger partial charge in [-0.1, -0.05) is 164 Å². The molecule has 55 heavy (non-hydrogen) atoms. The van der Waals surface area contributed by atoms with E-state index in [4.69, 9.17) is 4.42 Å². The third-order valence-electron chi connectivity index (χ3n) is 12.3. The number of fused-ring (bicyclic) bond motifs is 5. The Morgan fingerprint density at radius 1 is 0.236 bits per heavy atom. The molecule has 12 aromatic carbocycles. The molecule has 0 aliphatic rings. The molecule has 0 amide bonds. The van der Waals surface area contributed by atoms with Crippen molar-refractivity contribution in [2.75, 3.05) is 0 Å². The summed E-state index contributed by atoms with van der Waals surface area (Å²) in [6.07, 6.45) is 0. The monoisotopic (exact) mass is 694 g/mol. The van der Waals surface area contributed by atoms with Gasteiger partial charge in [0.25, 0.3) is 0 Å². The SMILES string of the molecule is c1ccc(-c2ccc3ccc4c(-c5cc(-c6ccc7ccc8cccc9ccc6c7c89)c6oc7c8ccccc8ccc7c6c5)ccc5ccc2c3c54)cc1. The number of hydrogen-bond acceptors (Lipinski definition) is 1. The van der Waals surface area contributed by atoms with Crippen LogP contribution in [0.2, 0.25) is 0 Å². The molecule has 13 aromatic rings. The summed E-state index contributed by atoms with van der Waals surface area (Å²) in [6.45, 7) is 0. The van der Waals surface area contributed by atoms with E-state index in [2.05, 4.69) is 182 Å². The molecule has 13 rings (SSSR count). The van der Waals surface area contributed by atoms with Crippen molar-refractivity contribution < 1.29 is 4.42 Å². The van der Waals surface area contributed by atoms with Gasteiger partial charge in [-0.25, -0.2) is 0 Å². The Balaban J connectivity index is 1.15. The van der Waals surface area contributed by atoms with E-state index >= 15 is 0 Å². The Bertz CT molecular complexity index is 3680. The molecule has 252 valence electrons. The van der Waals surface area contributed by atoms with Crippen molar-refractivity contribution in [3.05, 3.63) is 182 Å². The zero-order valence-corrected chi connectivity index (χ0v) is 29.7. The van der Waals surface area contributed by atoms with Gasteiger partial charge in [0.15, 0.2) is 0 Å². The number of benzene rings is 12. The fourth-order valence-corrected chi connectivity index (χ4v) is 9.85. The van der Waals surface area contributed by atoms with Crippen molar-refractivity contribution in [1.29, 1.82) is 0 Å². The minimum absolute atomic E-state index is 0.926. The third-order valence-corrected chi connectivity index (χ3v) is 12.3. The Labute approximate surface area is 315 Å². The predicted molar refractivity (Wildman–Crippen MR) is 235 cm³/mol. The van der Waals surface area contributed by atoms with Crippen LogP contribution in [-0.4, -0.2) is 0 Å². The molecule has 0 N–H and O–H groups in total. The van der Waals surface area contributed by atoms with Crippen molar-refractivity contribution >= 4 is 97.3 Å². The van der Waals surface area contributed by atoms with Crippen LogP contribution in [0.1, 0.15) is 0 Å². The summed E-state index contributed by atoms with van der Waals surface area (Å²) in [5.41, 5.74) is 9.08. The molecule has 0 fully saturated rings. The maximum absolute atomic E-state index is 7.07. The summed E-state index contributed by atoms with van der Waals surface area (Å²) in [7, 11) is 0. The van der Waals surface area contributed by atoms with Gasteiger partial charge in [0.1, 0.15) is 11.2 Å². The molecule has 0 saturated heterocycles. The fraction of sp³-hybridized carbons (Fsp3) is 0. The molecule has 1 heterocycles. The normalized spacial score (nSPS) is 12.4. The first-order valence-corrected chi connectivity index (χ1v) is 19.1. The summed E-state index contributed by atoms with van der Waals surface area (Å²) < 4.78 is 7.07. The van der Waals surface area contributed by atoms with Gasteiger partial charge in [-0.15, -0.1) is 0 Å². The van der Waals surface area contributed by atoms with E-state index < -0.39 is 0 Å². The standard InChI is InChI=1S/C54H30O/c1-2-7-31(8-3-1)39-22-16-36-21-26-44-40(23-17-37-20-25-43(39)51(36)52(37)44)38-29-47(54-48(30-38)46-28-15-32-9-4-5-12-41(32)53(46)55-54)42-24-18-35-14-13-33-10-6-11-34-19-27-45(42)50(35)49(33)34/h1-30H. The zero-order chi connectivity index (χ0) is 35.8. The van der Waals surface area contributed by atoms with Crippen LogP contribution in [-0.2, 0) is 0 Å². The van der Waals surface area contributed by atoms with Crippen molar-refractivity contribution in [1.82, 2.24) is 0 Å². The molecule has 1 nitrogen and oxygen atoms in total. The maximum atomic E-state index is 7.07. The highest BCUT2D eigenvalue weighted by Gasteiger charge is 2.21. The summed E-state index contributed by atoms with van der Waals surface area (Å²) in [5, 5.41) is 20.0. The average Bonchev–Trinajstić information content (AvgIpc) is 3.64. The van der Waals surface area contributed by atoms with Crippen molar-refractivity contribution in [3.8, 4) is 33.4 Å². The lowest BCUT2D eigenvalue weighted by Crippen LogP contribution is -1.91. The molecule has 0 radical (unpaired) electrons. The number of hydrogen-bond donors (Lipinski definition) is 0. The average molecular weight is 695 g/mol. The van der Waals surface area contributed by atoms with Crippen LogP contribution in [0, 0.1) is 0 Å². The van der Waals surface area contributed by atoms with E-state index in [-0.39, 0.29) is 0 Å². The topological polar surface area (TPSA) is 13.1 Å². The van der Waals surface area contributed by atoms with Crippen LogP contribution < -0.4 is 0 Å². The lowest BCUT2D eigenvalue weighted by atomic mass is 9.85. The Hall–Kier alpha value is -7.22. The van der Waals surface area contributed by atoms with Crippen LogP contribution in [0.3, 0.4) is 0 Å². The Kier molecular flexibility index (Phi) is 5.69. The van der Waals surface area contributed by atoms with Crippen LogP contribution >= 0.6 is 0 Å². The molecule has 0 atom stereocenters. The summed E-state index contributed by atoms with van der Waals surface area (Å²) in [5.74, 6) is 0. The van der Waals surface area contributed by atoms with Crippen LogP contribution in [0.25, 0.3) is 131 Å². The van der Waals surface area contributed by atoms with Crippen molar-refractivity contribution in [3.63, 3.8) is 0 Å². The van der Waals surface area contributed by atoms with Gasteiger partial charge < -0.3 is 4.42 Å². The molecule has 1 aromatic heterocycles. The lowest BCUT2D eigenvalue weighted by Gasteiger charge is -2.18. The molecule has 1 heteroatoms. The summed E-state index contributed by atoms with van der Waals surface area (Å²) >= 11 is 0. The van der Waals surface area contributed by atoms with Crippen molar-refractivity contribution in [2.24, 2.45) is 0 Å². The Morgan fingerprint density at radius 3 is 1.44 bits per heavy atom. The summed E-state index contributed by atoms with van der Waals surface area (Å²) in [4.78, 5) is 0. The minimum atomic E-state index is 0.926.